The van der Waals surface area contributed by atoms with Crippen LogP contribution in [0.25, 0.3) is 0 Å². The maximum atomic E-state index is 13.5. The lowest BCUT2D eigenvalue weighted by Gasteiger charge is -2.39. The second-order valence-electron chi connectivity index (χ2n) is 5.25. The Hall–Kier alpha value is -1.53. The van der Waals surface area contributed by atoms with Gasteiger partial charge in [0.2, 0.25) is 0 Å². The van der Waals surface area contributed by atoms with E-state index in [4.69, 9.17) is 9.47 Å². The summed E-state index contributed by atoms with van der Waals surface area (Å²) in [6, 6.07) is 1.40. The van der Waals surface area contributed by atoms with Crippen LogP contribution < -0.4 is 0 Å². The molecule has 2 saturated heterocycles. The molecule has 0 aromatic carbocycles. The number of ether oxygens (including phenoxy) is 2. The largest absolute Gasteiger partial charge is 0.381 e. The van der Waals surface area contributed by atoms with Crippen molar-refractivity contribution in [2.75, 3.05) is 32.9 Å². The molecule has 1 amide bonds. The van der Waals surface area contributed by atoms with Crippen LogP contribution in [0.3, 0.4) is 0 Å². The molecular weight excluding hydrogens is 263 g/mol. The summed E-state index contributed by atoms with van der Waals surface area (Å²) in [6.45, 7) is 3.29. The Morgan fingerprint density at radius 3 is 3.10 bits per heavy atom. The van der Waals surface area contributed by atoms with Gasteiger partial charge in [-0.05, 0) is 12.5 Å². The Kier molecular flexibility index (Phi) is 3.93. The summed E-state index contributed by atoms with van der Waals surface area (Å²) < 4.78 is 24.5. The topological polar surface area (TPSA) is 51.7 Å². The fourth-order valence-corrected chi connectivity index (χ4v) is 2.42. The number of hydrogen-bond donors (Lipinski definition) is 0. The van der Waals surface area contributed by atoms with Gasteiger partial charge in [-0.2, -0.15) is 0 Å². The van der Waals surface area contributed by atoms with E-state index in [9.17, 15) is 9.18 Å². The number of carbonyl (C=O) groups excluding carboxylic acids is 1. The number of aromatic nitrogens is 1. The first-order valence-corrected chi connectivity index (χ1v) is 6.82. The molecule has 2 aliphatic rings. The molecule has 0 spiro atoms. The molecule has 2 fully saturated rings. The van der Waals surface area contributed by atoms with Crippen molar-refractivity contribution < 1.29 is 18.7 Å². The predicted molar refractivity (Wildman–Crippen MR) is 68.8 cm³/mol. The van der Waals surface area contributed by atoms with Gasteiger partial charge >= 0.3 is 0 Å². The summed E-state index contributed by atoms with van der Waals surface area (Å²) in [5.74, 6) is -0.406. The van der Waals surface area contributed by atoms with Crippen molar-refractivity contribution in [3.8, 4) is 0 Å². The summed E-state index contributed by atoms with van der Waals surface area (Å²) in [5, 5.41) is 0. The minimum absolute atomic E-state index is 0.0597. The smallest absolute Gasteiger partial charge is 0.257 e. The van der Waals surface area contributed by atoms with Crippen molar-refractivity contribution >= 4 is 5.91 Å². The number of amides is 1. The van der Waals surface area contributed by atoms with E-state index in [1.165, 1.54) is 12.3 Å². The minimum atomic E-state index is -0.579. The Balaban J connectivity index is 1.45. The minimum Gasteiger partial charge on any atom is -0.381 e. The number of rotatable bonds is 4. The molecule has 0 unspecified atom stereocenters. The molecule has 20 heavy (non-hydrogen) atoms. The highest BCUT2D eigenvalue weighted by molar-refractivity contribution is 5.94. The molecule has 0 N–H and O–H groups in total. The highest BCUT2D eigenvalue weighted by atomic mass is 19.1. The number of halogens is 1. The molecule has 5 nitrogen and oxygen atoms in total. The van der Waals surface area contributed by atoms with Crippen molar-refractivity contribution in [2.24, 2.45) is 5.92 Å². The normalized spacial score (nSPS) is 22.9. The van der Waals surface area contributed by atoms with E-state index in [-0.39, 0.29) is 17.6 Å². The zero-order chi connectivity index (χ0) is 13.9. The van der Waals surface area contributed by atoms with Crippen molar-refractivity contribution in [2.45, 2.75) is 12.5 Å². The molecule has 0 radical (unpaired) electrons. The highest BCUT2D eigenvalue weighted by Crippen LogP contribution is 2.19. The Morgan fingerprint density at radius 2 is 2.40 bits per heavy atom. The van der Waals surface area contributed by atoms with Crippen LogP contribution in [-0.4, -0.2) is 54.8 Å². The lowest BCUT2D eigenvalue weighted by Crippen LogP contribution is -2.55. The second-order valence-corrected chi connectivity index (χ2v) is 5.25. The Morgan fingerprint density at radius 1 is 1.55 bits per heavy atom. The third-order valence-electron chi connectivity index (χ3n) is 3.73. The van der Waals surface area contributed by atoms with Crippen LogP contribution in [0.2, 0.25) is 0 Å². The van der Waals surface area contributed by atoms with Crippen LogP contribution in [0.1, 0.15) is 16.8 Å². The molecule has 0 saturated carbocycles. The number of nitrogens with zero attached hydrogens (tertiary/aromatic N) is 2. The first-order valence-electron chi connectivity index (χ1n) is 6.82. The molecule has 1 aromatic rings. The zero-order valence-electron chi connectivity index (χ0n) is 11.1. The highest BCUT2D eigenvalue weighted by Gasteiger charge is 2.33. The molecule has 1 atom stereocenters. The maximum absolute atomic E-state index is 13.5. The van der Waals surface area contributed by atoms with Crippen LogP contribution in [-0.2, 0) is 9.47 Å². The molecule has 0 aliphatic carbocycles. The van der Waals surface area contributed by atoms with Crippen LogP contribution in [0.4, 0.5) is 4.39 Å². The van der Waals surface area contributed by atoms with Gasteiger partial charge in [0.15, 0.2) is 5.82 Å². The van der Waals surface area contributed by atoms with Gasteiger partial charge in [-0.25, -0.2) is 4.39 Å². The van der Waals surface area contributed by atoms with Crippen LogP contribution in [0.5, 0.6) is 0 Å². The molecule has 1 aromatic heterocycles. The Labute approximate surface area is 116 Å². The van der Waals surface area contributed by atoms with Crippen LogP contribution in [0, 0.1) is 11.7 Å². The maximum Gasteiger partial charge on any atom is 0.257 e. The first-order chi connectivity index (χ1) is 9.74. The van der Waals surface area contributed by atoms with Gasteiger partial charge in [0, 0.05) is 31.8 Å². The third-order valence-corrected chi connectivity index (χ3v) is 3.73. The average molecular weight is 280 g/mol. The quantitative estimate of drug-likeness (QED) is 0.828. The van der Waals surface area contributed by atoms with Crippen molar-refractivity contribution in [3.63, 3.8) is 0 Å². The third kappa shape index (κ3) is 2.81. The Bertz CT molecular complexity index is 485. The van der Waals surface area contributed by atoms with E-state index >= 15 is 0 Å². The molecule has 3 heterocycles. The summed E-state index contributed by atoms with van der Waals surface area (Å²) in [4.78, 5) is 17.3. The van der Waals surface area contributed by atoms with Gasteiger partial charge in [0.1, 0.15) is 0 Å². The first kappa shape index (κ1) is 13.5. The zero-order valence-corrected chi connectivity index (χ0v) is 11.1. The molecule has 3 rings (SSSR count). The van der Waals surface area contributed by atoms with Gasteiger partial charge in [0.05, 0.1) is 31.1 Å². The molecular formula is C14H17FN2O3. The summed E-state index contributed by atoms with van der Waals surface area (Å²) in [7, 11) is 0. The molecule has 0 bridgehead atoms. The molecule has 2 aliphatic heterocycles. The molecule has 6 heteroatoms. The lowest BCUT2D eigenvalue weighted by molar-refractivity contribution is -0.0543. The summed E-state index contributed by atoms with van der Waals surface area (Å²) in [5.41, 5.74) is 0.0719. The second kappa shape index (κ2) is 5.85. The fourth-order valence-electron chi connectivity index (χ4n) is 2.42. The number of carbonyl (C=O) groups is 1. The van der Waals surface area contributed by atoms with E-state index in [0.717, 1.165) is 25.8 Å². The van der Waals surface area contributed by atoms with E-state index in [2.05, 4.69) is 4.98 Å². The van der Waals surface area contributed by atoms with Gasteiger partial charge in [0.25, 0.3) is 5.91 Å². The van der Waals surface area contributed by atoms with Crippen molar-refractivity contribution in [3.05, 3.63) is 29.8 Å². The summed E-state index contributed by atoms with van der Waals surface area (Å²) >= 11 is 0. The lowest BCUT2D eigenvalue weighted by atomic mass is 10.1. The van der Waals surface area contributed by atoms with E-state index in [1.807, 2.05) is 0 Å². The number of likely N-dealkylation sites (tertiary alicyclic amines) is 1. The average Bonchev–Trinajstić information content (AvgIpc) is 2.90. The predicted octanol–water partition coefficient (Wildman–Crippen LogP) is 1.10. The van der Waals surface area contributed by atoms with Gasteiger partial charge in [-0.1, -0.05) is 0 Å². The van der Waals surface area contributed by atoms with Crippen molar-refractivity contribution in [1.29, 1.82) is 0 Å². The monoisotopic (exact) mass is 280 g/mol. The number of pyridine rings is 1. The van der Waals surface area contributed by atoms with Crippen LogP contribution in [0.15, 0.2) is 18.5 Å². The van der Waals surface area contributed by atoms with Gasteiger partial charge in [-0.15, -0.1) is 0 Å². The molecule has 108 valence electrons. The van der Waals surface area contributed by atoms with Gasteiger partial charge < -0.3 is 14.4 Å². The van der Waals surface area contributed by atoms with E-state index < -0.39 is 5.82 Å². The summed E-state index contributed by atoms with van der Waals surface area (Å²) in [6.07, 6.45) is 3.58. The van der Waals surface area contributed by atoms with Crippen LogP contribution >= 0.6 is 0 Å². The van der Waals surface area contributed by atoms with E-state index in [1.54, 1.807) is 4.90 Å². The van der Waals surface area contributed by atoms with Gasteiger partial charge in [-0.3, -0.25) is 9.78 Å². The standard InChI is InChI=1S/C14H17FN2O3/c15-13-5-16-3-1-12(13)14(18)17-6-11(7-17)20-9-10-2-4-19-8-10/h1,3,5,10-11H,2,4,6-9H2/t10-/m0/s1. The number of hydrogen-bond acceptors (Lipinski definition) is 4. The fraction of sp³-hybridized carbons (Fsp3) is 0.571. The van der Waals surface area contributed by atoms with E-state index in [0.29, 0.717) is 25.6 Å². The SMILES string of the molecule is O=C(c1ccncc1F)N1CC(OC[C@H]2CCOC2)C1. The van der Waals surface area contributed by atoms with Crippen molar-refractivity contribution in [1.82, 2.24) is 9.88 Å².